The Morgan fingerprint density at radius 1 is 1.50 bits per heavy atom. The van der Waals surface area contributed by atoms with Crippen molar-refractivity contribution in [3.63, 3.8) is 0 Å². The molecule has 1 aromatic rings. The molecular weight excluding hydrogens is 228 g/mol. The van der Waals surface area contributed by atoms with Crippen LogP contribution in [0.15, 0.2) is 6.07 Å². The van der Waals surface area contributed by atoms with Gasteiger partial charge in [-0.05, 0) is 33.5 Å². The van der Waals surface area contributed by atoms with Crippen molar-refractivity contribution in [1.82, 2.24) is 14.9 Å². The number of nitrogen functional groups attached to an aromatic ring is 1. The molecule has 2 rings (SSSR count). The van der Waals surface area contributed by atoms with Crippen LogP contribution in [0.2, 0.25) is 0 Å². The number of amidine groups is 1. The zero-order chi connectivity index (χ0) is 13.3. The normalized spacial score (nSPS) is 19.6. The molecule has 1 aliphatic rings. The number of hydrogen-bond donors (Lipinski definition) is 2. The molecule has 3 N–H and O–H groups in total. The van der Waals surface area contributed by atoms with Gasteiger partial charge in [0.25, 0.3) is 0 Å². The predicted molar refractivity (Wildman–Crippen MR) is 72.1 cm³/mol. The quantitative estimate of drug-likeness (QED) is 0.590. The molecule has 18 heavy (non-hydrogen) atoms. The highest BCUT2D eigenvalue weighted by atomic mass is 15.3. The maximum Gasteiger partial charge on any atom is 0.226 e. The number of likely N-dealkylation sites (N-methyl/N-ethyl adjacent to an activating group) is 1. The van der Waals surface area contributed by atoms with Crippen molar-refractivity contribution < 1.29 is 0 Å². The third kappa shape index (κ3) is 2.59. The Kier molecular flexibility index (Phi) is 3.47. The molecule has 1 saturated heterocycles. The topological polar surface area (TPSA) is 82.1 Å². The van der Waals surface area contributed by atoms with Crippen molar-refractivity contribution in [3.05, 3.63) is 17.5 Å². The first-order valence-electron chi connectivity index (χ1n) is 6.09. The number of hydrogen-bond acceptors (Lipinski definition) is 5. The fourth-order valence-corrected chi connectivity index (χ4v) is 2.18. The van der Waals surface area contributed by atoms with Crippen LogP contribution < -0.4 is 10.6 Å². The van der Waals surface area contributed by atoms with Gasteiger partial charge in [0.15, 0.2) is 0 Å². The summed E-state index contributed by atoms with van der Waals surface area (Å²) in [6.45, 7) is 3.77. The van der Waals surface area contributed by atoms with Crippen molar-refractivity contribution in [2.45, 2.75) is 19.4 Å². The number of rotatable bonds is 3. The molecule has 6 nitrogen and oxygen atoms in total. The number of nitrogens with two attached hydrogens (primary N) is 1. The van der Waals surface area contributed by atoms with Gasteiger partial charge in [0.2, 0.25) is 5.95 Å². The predicted octanol–water partition coefficient (Wildman–Crippen LogP) is 0.209. The highest BCUT2D eigenvalue weighted by Gasteiger charge is 2.26. The van der Waals surface area contributed by atoms with Crippen LogP contribution in [-0.2, 0) is 0 Å². The molecule has 1 unspecified atom stereocenters. The lowest BCUT2D eigenvalue weighted by Gasteiger charge is -2.20. The molecular formula is C12H20N6. The number of anilines is 1. The average Bonchev–Trinajstić information content (AvgIpc) is 2.77. The third-order valence-electron chi connectivity index (χ3n) is 3.29. The van der Waals surface area contributed by atoms with Crippen molar-refractivity contribution >= 4 is 11.8 Å². The van der Waals surface area contributed by atoms with E-state index in [0.29, 0.717) is 17.7 Å². The van der Waals surface area contributed by atoms with Crippen molar-refractivity contribution in [2.75, 3.05) is 32.1 Å². The largest absolute Gasteiger partial charge is 0.382 e. The molecule has 98 valence electrons. The van der Waals surface area contributed by atoms with E-state index in [0.717, 1.165) is 25.2 Å². The molecule has 2 heterocycles. The summed E-state index contributed by atoms with van der Waals surface area (Å²) in [4.78, 5) is 13.2. The fourth-order valence-electron chi connectivity index (χ4n) is 2.18. The fraction of sp³-hybridized carbons (Fsp3) is 0.583. The molecule has 0 bridgehead atoms. The van der Waals surface area contributed by atoms with E-state index in [1.807, 2.05) is 6.92 Å². The second kappa shape index (κ2) is 4.89. The third-order valence-corrected chi connectivity index (χ3v) is 3.29. The highest BCUT2D eigenvalue weighted by molar-refractivity contribution is 5.93. The van der Waals surface area contributed by atoms with E-state index in [9.17, 15) is 0 Å². The smallest absolute Gasteiger partial charge is 0.226 e. The van der Waals surface area contributed by atoms with Crippen LogP contribution in [0.5, 0.6) is 0 Å². The van der Waals surface area contributed by atoms with E-state index >= 15 is 0 Å². The van der Waals surface area contributed by atoms with E-state index in [4.69, 9.17) is 11.1 Å². The van der Waals surface area contributed by atoms with Crippen LogP contribution in [0.1, 0.15) is 17.8 Å². The maximum atomic E-state index is 7.47. The second-order valence-corrected chi connectivity index (χ2v) is 4.96. The van der Waals surface area contributed by atoms with E-state index < -0.39 is 0 Å². The van der Waals surface area contributed by atoms with Crippen LogP contribution >= 0.6 is 0 Å². The van der Waals surface area contributed by atoms with Gasteiger partial charge in [0.05, 0.1) is 0 Å². The van der Waals surface area contributed by atoms with E-state index in [1.165, 1.54) is 0 Å². The van der Waals surface area contributed by atoms with Crippen LogP contribution in [0.3, 0.4) is 0 Å². The minimum Gasteiger partial charge on any atom is -0.382 e. The summed E-state index contributed by atoms with van der Waals surface area (Å²) in [5.41, 5.74) is 6.84. The molecule has 1 aliphatic heterocycles. The van der Waals surface area contributed by atoms with Gasteiger partial charge in [-0.15, -0.1) is 0 Å². The lowest BCUT2D eigenvalue weighted by atomic mass is 10.2. The minimum atomic E-state index is -0.00916. The molecule has 1 atom stereocenters. The van der Waals surface area contributed by atoms with Gasteiger partial charge in [0, 0.05) is 24.8 Å². The maximum absolute atomic E-state index is 7.47. The lowest BCUT2D eigenvalue weighted by molar-refractivity contribution is 0.315. The number of nitrogens with zero attached hydrogens (tertiary/aromatic N) is 4. The molecule has 0 aliphatic carbocycles. The Labute approximate surface area is 107 Å². The first-order valence-corrected chi connectivity index (χ1v) is 6.09. The summed E-state index contributed by atoms with van der Waals surface area (Å²) < 4.78 is 0. The van der Waals surface area contributed by atoms with Gasteiger partial charge >= 0.3 is 0 Å². The zero-order valence-electron chi connectivity index (χ0n) is 11.1. The Morgan fingerprint density at radius 3 is 2.78 bits per heavy atom. The highest BCUT2D eigenvalue weighted by Crippen LogP contribution is 2.19. The number of aromatic nitrogens is 2. The Hall–Kier alpha value is -1.69. The molecule has 6 heteroatoms. The molecule has 1 aromatic heterocycles. The Bertz CT molecular complexity index is 456. The standard InChI is InChI=1S/C12H20N6/c1-8-6-10(11(13)14)16-12(15-8)18-5-4-9(7-18)17(2)3/h6,9H,4-5,7H2,1-3H3,(H3,13,14). The monoisotopic (exact) mass is 248 g/mol. The molecule has 0 amide bonds. The SMILES string of the molecule is Cc1cc(C(=N)N)nc(N2CCC(N(C)C)C2)n1. The zero-order valence-corrected chi connectivity index (χ0v) is 11.1. The Balaban J connectivity index is 2.21. The van der Waals surface area contributed by atoms with Gasteiger partial charge in [0.1, 0.15) is 11.5 Å². The van der Waals surface area contributed by atoms with Gasteiger partial charge in [-0.3, -0.25) is 5.41 Å². The van der Waals surface area contributed by atoms with Crippen molar-refractivity contribution in [1.29, 1.82) is 5.41 Å². The summed E-state index contributed by atoms with van der Waals surface area (Å²) >= 11 is 0. The van der Waals surface area contributed by atoms with Crippen LogP contribution in [-0.4, -0.2) is 53.9 Å². The van der Waals surface area contributed by atoms with E-state index in [-0.39, 0.29) is 5.84 Å². The van der Waals surface area contributed by atoms with E-state index in [2.05, 4.69) is 33.9 Å². The first kappa shape index (κ1) is 12.8. The minimum absolute atomic E-state index is 0.00916. The molecule has 0 radical (unpaired) electrons. The van der Waals surface area contributed by atoms with Gasteiger partial charge in [-0.25, -0.2) is 9.97 Å². The van der Waals surface area contributed by atoms with Gasteiger partial charge in [-0.1, -0.05) is 0 Å². The van der Waals surface area contributed by atoms with Gasteiger partial charge < -0.3 is 15.5 Å². The first-order chi connectivity index (χ1) is 8.47. The van der Waals surface area contributed by atoms with Crippen LogP contribution in [0.25, 0.3) is 0 Å². The lowest BCUT2D eigenvalue weighted by Crippen LogP contribution is -2.32. The van der Waals surface area contributed by atoms with Gasteiger partial charge in [-0.2, -0.15) is 0 Å². The van der Waals surface area contributed by atoms with Crippen molar-refractivity contribution in [3.8, 4) is 0 Å². The Morgan fingerprint density at radius 2 is 2.22 bits per heavy atom. The molecule has 0 spiro atoms. The van der Waals surface area contributed by atoms with Crippen LogP contribution in [0, 0.1) is 12.3 Å². The second-order valence-electron chi connectivity index (χ2n) is 4.96. The average molecular weight is 248 g/mol. The summed E-state index contributed by atoms with van der Waals surface area (Å²) in [5, 5.41) is 7.47. The number of aryl methyl sites for hydroxylation is 1. The number of nitrogens with one attached hydrogen (secondary N) is 1. The summed E-state index contributed by atoms with van der Waals surface area (Å²) in [5.74, 6) is 0.676. The molecule has 0 aromatic carbocycles. The summed E-state index contributed by atoms with van der Waals surface area (Å²) in [6.07, 6.45) is 1.11. The van der Waals surface area contributed by atoms with E-state index in [1.54, 1.807) is 6.07 Å². The summed E-state index contributed by atoms with van der Waals surface area (Å²) in [7, 11) is 4.18. The van der Waals surface area contributed by atoms with Crippen LogP contribution in [0.4, 0.5) is 5.95 Å². The summed E-state index contributed by atoms with van der Waals surface area (Å²) in [6, 6.07) is 2.28. The molecule has 1 fully saturated rings. The molecule has 0 saturated carbocycles. The van der Waals surface area contributed by atoms with Crippen molar-refractivity contribution in [2.24, 2.45) is 5.73 Å².